The minimum absolute atomic E-state index is 0.206. The molecule has 0 radical (unpaired) electrons. The quantitative estimate of drug-likeness (QED) is 0.620. The van der Waals surface area contributed by atoms with E-state index in [0.717, 1.165) is 0 Å². The van der Waals surface area contributed by atoms with Crippen LogP contribution >= 0.6 is 0 Å². The van der Waals surface area contributed by atoms with Crippen LogP contribution in [0.4, 0.5) is 13.2 Å². The first-order valence-electron chi connectivity index (χ1n) is 4.98. The summed E-state index contributed by atoms with van der Waals surface area (Å²) in [5.74, 6) is -1.74. The number of carbonyl (C=O) groups is 1. The van der Waals surface area contributed by atoms with Gasteiger partial charge in [0.25, 0.3) is 0 Å². The monoisotopic (exact) mass is 292 g/mol. The molecule has 0 bridgehead atoms. The Morgan fingerprint density at radius 3 is 2.00 bits per heavy atom. The first kappa shape index (κ1) is 17.2. The molecule has 0 saturated carbocycles. The summed E-state index contributed by atoms with van der Waals surface area (Å²) in [6.07, 6.45) is -2.15. The summed E-state index contributed by atoms with van der Waals surface area (Å²) in [6, 6.07) is 0. The molecule has 1 N–H and O–H groups in total. The Morgan fingerprint density at radius 2 is 1.72 bits per heavy atom. The summed E-state index contributed by atoms with van der Waals surface area (Å²) < 4.78 is 61.1. The van der Waals surface area contributed by atoms with Gasteiger partial charge in [0, 0.05) is 0 Å². The fourth-order valence-electron chi connectivity index (χ4n) is 0.984. The Bertz CT molecular complexity index is 393. The highest BCUT2D eigenvalue weighted by Crippen LogP contribution is 2.28. The average Bonchev–Trinajstić information content (AvgIpc) is 2.08. The molecular weight excluding hydrogens is 277 g/mol. The van der Waals surface area contributed by atoms with Crippen molar-refractivity contribution in [3.63, 3.8) is 0 Å². The maximum atomic E-state index is 12.0. The summed E-state index contributed by atoms with van der Waals surface area (Å²) in [7, 11) is -5.89. The van der Waals surface area contributed by atoms with E-state index in [2.05, 4.69) is 4.18 Å². The number of rotatable bonds is 5. The number of hydrogen-bond donors (Lipinski definition) is 1. The molecule has 0 heterocycles. The zero-order chi connectivity index (χ0) is 14.8. The van der Waals surface area contributed by atoms with Crippen molar-refractivity contribution >= 4 is 16.1 Å². The first-order chi connectivity index (χ1) is 7.76. The first-order valence-corrected chi connectivity index (χ1v) is 6.39. The van der Waals surface area contributed by atoms with Crippen molar-refractivity contribution in [3.8, 4) is 0 Å². The SMILES string of the molecule is CC(C)(C)CC[C@@H](OS(=O)(=O)C(F)(F)F)C(=O)O. The molecule has 0 rings (SSSR count). The standard InChI is InChI=1S/C9H15F3O5S/c1-8(2,3)5-4-6(7(13)14)17-18(15,16)9(10,11)12/h6H,4-5H2,1-3H3,(H,13,14)/t6-/m1/s1. The van der Waals surface area contributed by atoms with E-state index >= 15 is 0 Å². The molecule has 108 valence electrons. The van der Waals surface area contributed by atoms with Crippen LogP contribution in [0.2, 0.25) is 0 Å². The molecular formula is C9H15F3O5S. The van der Waals surface area contributed by atoms with Gasteiger partial charge in [0.05, 0.1) is 0 Å². The third-order valence-corrected chi connectivity index (χ3v) is 3.01. The van der Waals surface area contributed by atoms with Gasteiger partial charge in [0.15, 0.2) is 6.10 Å². The number of aliphatic carboxylic acids is 1. The van der Waals surface area contributed by atoms with Crippen molar-refractivity contribution in [1.82, 2.24) is 0 Å². The summed E-state index contributed by atoms with van der Waals surface area (Å²) in [5.41, 5.74) is -5.97. The minimum atomic E-state index is -5.89. The van der Waals surface area contributed by atoms with Crippen molar-refractivity contribution in [3.05, 3.63) is 0 Å². The predicted octanol–water partition coefficient (Wildman–Crippen LogP) is 2.13. The molecule has 0 aromatic rings. The van der Waals surface area contributed by atoms with Gasteiger partial charge < -0.3 is 5.11 Å². The third-order valence-electron chi connectivity index (χ3n) is 1.96. The maximum absolute atomic E-state index is 12.0. The lowest BCUT2D eigenvalue weighted by Gasteiger charge is -2.21. The van der Waals surface area contributed by atoms with Gasteiger partial charge in [0.1, 0.15) is 0 Å². The molecule has 0 aromatic carbocycles. The van der Waals surface area contributed by atoms with Gasteiger partial charge in [-0.2, -0.15) is 21.6 Å². The molecule has 0 saturated heterocycles. The molecule has 0 aliphatic rings. The smallest absolute Gasteiger partial charge is 0.479 e. The zero-order valence-corrected chi connectivity index (χ0v) is 10.9. The van der Waals surface area contributed by atoms with Crippen LogP contribution in [0.1, 0.15) is 33.6 Å². The van der Waals surface area contributed by atoms with Gasteiger partial charge in [-0.1, -0.05) is 20.8 Å². The molecule has 0 aliphatic carbocycles. The van der Waals surface area contributed by atoms with Crippen LogP contribution in [-0.4, -0.2) is 31.1 Å². The highest BCUT2D eigenvalue weighted by atomic mass is 32.2. The van der Waals surface area contributed by atoms with E-state index in [-0.39, 0.29) is 18.3 Å². The van der Waals surface area contributed by atoms with Crippen molar-refractivity contribution in [2.45, 2.75) is 45.2 Å². The van der Waals surface area contributed by atoms with Crippen molar-refractivity contribution in [2.24, 2.45) is 5.41 Å². The fourth-order valence-corrected chi connectivity index (χ4v) is 1.58. The van der Waals surface area contributed by atoms with Crippen LogP contribution in [-0.2, 0) is 19.1 Å². The van der Waals surface area contributed by atoms with Crippen LogP contribution in [0.5, 0.6) is 0 Å². The van der Waals surface area contributed by atoms with E-state index in [1.807, 2.05) is 0 Å². The molecule has 9 heteroatoms. The molecule has 5 nitrogen and oxygen atoms in total. The Kier molecular flexibility index (Phi) is 5.18. The van der Waals surface area contributed by atoms with Crippen molar-refractivity contribution in [2.75, 3.05) is 0 Å². The van der Waals surface area contributed by atoms with Gasteiger partial charge in [-0.15, -0.1) is 0 Å². The van der Waals surface area contributed by atoms with Gasteiger partial charge in [-0.3, -0.25) is 0 Å². The lowest BCUT2D eigenvalue weighted by Crippen LogP contribution is -2.34. The lowest BCUT2D eigenvalue weighted by atomic mass is 9.89. The normalized spacial score (nSPS) is 15.4. The summed E-state index contributed by atoms with van der Waals surface area (Å²) in [4.78, 5) is 10.7. The number of alkyl halides is 3. The van der Waals surface area contributed by atoms with E-state index in [1.165, 1.54) is 0 Å². The lowest BCUT2D eigenvalue weighted by molar-refractivity contribution is -0.146. The topological polar surface area (TPSA) is 80.7 Å². The molecule has 0 fully saturated rings. The van der Waals surface area contributed by atoms with E-state index in [1.54, 1.807) is 20.8 Å². The van der Waals surface area contributed by atoms with Gasteiger partial charge in [-0.05, 0) is 18.3 Å². The Balaban J connectivity index is 4.82. The third kappa shape index (κ3) is 5.67. The van der Waals surface area contributed by atoms with E-state index in [4.69, 9.17) is 5.11 Å². The molecule has 0 aliphatic heterocycles. The van der Waals surface area contributed by atoms with E-state index < -0.39 is 27.7 Å². The summed E-state index contributed by atoms with van der Waals surface area (Å²) in [5, 5.41) is 8.64. The molecule has 1 atom stereocenters. The largest absolute Gasteiger partial charge is 0.523 e. The van der Waals surface area contributed by atoms with Gasteiger partial charge >= 0.3 is 21.6 Å². The van der Waals surface area contributed by atoms with E-state index in [0.29, 0.717) is 0 Å². The van der Waals surface area contributed by atoms with Crippen LogP contribution in [0.3, 0.4) is 0 Å². The fraction of sp³-hybridized carbons (Fsp3) is 0.889. The molecule has 18 heavy (non-hydrogen) atoms. The van der Waals surface area contributed by atoms with Crippen LogP contribution in [0.15, 0.2) is 0 Å². The van der Waals surface area contributed by atoms with Gasteiger partial charge in [-0.25, -0.2) is 8.98 Å². The number of carboxylic acid groups (broad SMARTS) is 1. The molecule has 0 amide bonds. The van der Waals surface area contributed by atoms with Gasteiger partial charge in [0.2, 0.25) is 0 Å². The molecule has 0 unspecified atom stereocenters. The number of hydrogen-bond acceptors (Lipinski definition) is 4. The zero-order valence-electron chi connectivity index (χ0n) is 10.1. The average molecular weight is 292 g/mol. The Morgan fingerprint density at radius 1 is 1.28 bits per heavy atom. The second-order valence-electron chi connectivity index (χ2n) is 4.92. The van der Waals surface area contributed by atoms with Crippen LogP contribution in [0.25, 0.3) is 0 Å². The van der Waals surface area contributed by atoms with Crippen molar-refractivity contribution in [1.29, 1.82) is 0 Å². The highest BCUT2D eigenvalue weighted by molar-refractivity contribution is 7.87. The maximum Gasteiger partial charge on any atom is 0.523 e. The Hall–Kier alpha value is -0.830. The molecule has 0 spiro atoms. The Labute approximate surface area is 103 Å². The minimum Gasteiger partial charge on any atom is -0.479 e. The second kappa shape index (κ2) is 5.43. The van der Waals surface area contributed by atoms with Crippen LogP contribution < -0.4 is 0 Å². The number of carboxylic acids is 1. The summed E-state index contributed by atoms with van der Waals surface area (Å²) in [6.45, 7) is 5.22. The van der Waals surface area contributed by atoms with Crippen molar-refractivity contribution < 1.29 is 35.7 Å². The predicted molar refractivity (Wildman–Crippen MR) is 56.2 cm³/mol. The number of halogens is 3. The van der Waals surface area contributed by atoms with E-state index in [9.17, 15) is 26.4 Å². The van der Waals surface area contributed by atoms with Crippen LogP contribution in [0, 0.1) is 5.41 Å². The summed E-state index contributed by atoms with van der Waals surface area (Å²) >= 11 is 0. The second-order valence-corrected chi connectivity index (χ2v) is 6.49. The highest BCUT2D eigenvalue weighted by Gasteiger charge is 2.49. The molecule has 0 aromatic heterocycles.